The summed E-state index contributed by atoms with van der Waals surface area (Å²) in [4.78, 5) is 16.0. The molecule has 4 heterocycles. The second-order valence-electron chi connectivity index (χ2n) is 11.7. The Morgan fingerprint density at radius 3 is 2.84 bits per heavy atom. The molecule has 4 aliphatic rings. The molecule has 2 unspecified atom stereocenters. The fourth-order valence-corrected chi connectivity index (χ4v) is 6.85. The number of carbonyl (C=O) groups is 1. The van der Waals surface area contributed by atoms with Crippen LogP contribution in [0.4, 0.5) is 11.5 Å². The van der Waals surface area contributed by atoms with Gasteiger partial charge in [-0.05, 0) is 48.4 Å². The molecular weight excluding hydrogens is 498 g/mol. The van der Waals surface area contributed by atoms with Gasteiger partial charge in [0.05, 0.1) is 24.1 Å². The number of aryl methyl sites for hydroxylation is 2. The van der Waals surface area contributed by atoms with Gasteiger partial charge in [0.15, 0.2) is 0 Å². The van der Waals surface area contributed by atoms with Crippen molar-refractivity contribution in [2.24, 2.45) is 11.3 Å². The molecule has 204 valence electrons. The average molecular weight is 538 g/mol. The lowest BCUT2D eigenvalue weighted by molar-refractivity contribution is 0.0925. The fourth-order valence-electron chi connectivity index (χ4n) is 6.28. The Morgan fingerprint density at radius 1 is 1.34 bits per heavy atom. The lowest BCUT2D eigenvalue weighted by Gasteiger charge is -2.48. The van der Waals surface area contributed by atoms with Crippen LogP contribution in [0, 0.1) is 11.3 Å². The van der Waals surface area contributed by atoms with E-state index in [4.69, 9.17) is 9.84 Å². The molecule has 8 nitrogen and oxygen atoms in total. The largest absolute Gasteiger partial charge is 0.381 e. The molecule has 9 heteroatoms. The maximum atomic E-state index is 13.5. The van der Waals surface area contributed by atoms with E-state index in [1.54, 1.807) is 6.26 Å². The Hall–Kier alpha value is -2.65. The van der Waals surface area contributed by atoms with Crippen molar-refractivity contribution in [1.82, 2.24) is 15.1 Å². The Bertz CT molecular complexity index is 1270. The van der Waals surface area contributed by atoms with E-state index in [9.17, 15) is 9.00 Å². The number of rotatable bonds is 10. The number of carbonyl (C=O) groups excluding carboxylic acids is 1. The third kappa shape index (κ3) is 5.02. The van der Waals surface area contributed by atoms with Crippen LogP contribution in [0.2, 0.25) is 0 Å². The normalized spacial score (nSPS) is 22.6. The molecule has 1 aromatic heterocycles. The predicted octanol–water partition coefficient (Wildman–Crippen LogP) is 3.80. The van der Waals surface area contributed by atoms with Crippen molar-refractivity contribution in [2.45, 2.75) is 58.0 Å². The minimum absolute atomic E-state index is 0.112. The molecular formula is C29H39N5O3S. The number of aromatic nitrogens is 2. The third-order valence-corrected chi connectivity index (χ3v) is 9.31. The van der Waals surface area contributed by atoms with E-state index in [0.717, 1.165) is 63.7 Å². The van der Waals surface area contributed by atoms with Crippen LogP contribution >= 0.6 is 0 Å². The summed E-state index contributed by atoms with van der Waals surface area (Å²) in [6, 6.07) is 6.59. The predicted molar refractivity (Wildman–Crippen MR) is 151 cm³/mol. The first-order valence-electron chi connectivity index (χ1n) is 13.9. The maximum absolute atomic E-state index is 13.5. The van der Waals surface area contributed by atoms with Gasteiger partial charge in [-0.15, -0.1) is 0 Å². The van der Waals surface area contributed by atoms with E-state index >= 15 is 0 Å². The Labute approximate surface area is 227 Å². The zero-order valence-corrected chi connectivity index (χ0v) is 23.4. The number of benzene rings is 1. The molecule has 0 radical (unpaired) electrons. The van der Waals surface area contributed by atoms with Gasteiger partial charge in [-0.1, -0.05) is 32.4 Å². The maximum Gasteiger partial charge on any atom is 0.257 e. The number of hydrogen-bond acceptors (Lipinski definition) is 6. The average Bonchev–Trinajstić information content (AvgIpc) is 3.43. The zero-order valence-electron chi connectivity index (χ0n) is 22.6. The molecule has 0 bridgehead atoms. The highest BCUT2D eigenvalue weighted by atomic mass is 32.2. The summed E-state index contributed by atoms with van der Waals surface area (Å²) < 4.78 is 19.3. The molecule has 1 spiro atoms. The summed E-state index contributed by atoms with van der Waals surface area (Å²) >= 11 is 0. The number of nitrogens with one attached hydrogen (secondary N) is 2. The first kappa shape index (κ1) is 25.6. The van der Waals surface area contributed by atoms with Crippen LogP contribution in [0.5, 0.6) is 0 Å². The highest BCUT2D eigenvalue weighted by Gasteiger charge is 2.46. The van der Waals surface area contributed by atoms with Crippen molar-refractivity contribution in [2.75, 3.05) is 48.5 Å². The smallest absolute Gasteiger partial charge is 0.257 e. The number of nitrogens with zero attached hydrogens (tertiary/aromatic N) is 3. The van der Waals surface area contributed by atoms with Crippen molar-refractivity contribution in [3.8, 4) is 0 Å². The van der Waals surface area contributed by atoms with E-state index in [2.05, 4.69) is 47.2 Å². The molecule has 6 rings (SSSR count). The molecule has 3 aliphatic heterocycles. The van der Waals surface area contributed by atoms with Crippen molar-refractivity contribution >= 4 is 28.2 Å². The van der Waals surface area contributed by atoms with E-state index in [1.807, 2.05) is 4.68 Å². The summed E-state index contributed by atoms with van der Waals surface area (Å²) in [5, 5.41) is 11.5. The first-order chi connectivity index (χ1) is 18.3. The second-order valence-corrected chi connectivity index (χ2v) is 13.1. The van der Waals surface area contributed by atoms with E-state index in [-0.39, 0.29) is 11.9 Å². The van der Waals surface area contributed by atoms with Gasteiger partial charge in [0.25, 0.3) is 5.91 Å². The number of hydrogen-bond donors (Lipinski definition) is 2. The lowest BCUT2D eigenvalue weighted by Crippen LogP contribution is -2.57. The summed E-state index contributed by atoms with van der Waals surface area (Å²) in [6.07, 6.45) is 7.97. The SMILES string of the molecule is C=C(CS(C)=O)Nc1c2c(nn1CCC1CC1)CC(c1ccc(N3CC4(CCOC4)C3)cc1CC)NC2=O. The van der Waals surface area contributed by atoms with Crippen LogP contribution in [0.25, 0.3) is 0 Å². The van der Waals surface area contributed by atoms with E-state index < -0.39 is 10.8 Å². The minimum atomic E-state index is -1.02. The van der Waals surface area contributed by atoms with Gasteiger partial charge < -0.3 is 20.3 Å². The van der Waals surface area contributed by atoms with Crippen LogP contribution in [0.1, 0.15) is 65.8 Å². The van der Waals surface area contributed by atoms with Gasteiger partial charge >= 0.3 is 0 Å². The molecule has 2 N–H and O–H groups in total. The molecule has 1 amide bonds. The van der Waals surface area contributed by atoms with Gasteiger partial charge in [-0.2, -0.15) is 5.10 Å². The Kier molecular flexibility index (Phi) is 6.84. The molecule has 2 aromatic rings. The molecule has 3 fully saturated rings. The number of amides is 1. The van der Waals surface area contributed by atoms with Gasteiger partial charge in [0.2, 0.25) is 0 Å². The van der Waals surface area contributed by atoms with Gasteiger partial charge in [0.1, 0.15) is 11.4 Å². The third-order valence-electron chi connectivity index (χ3n) is 8.56. The standard InChI is InChI=1S/C29H39N5O3S/c1-4-21-13-22(33-16-29(17-33)10-12-37-18-29)7-8-23(21)24-14-25-26(28(35)31-24)27(30-19(2)15-38(3)36)34(32-25)11-9-20-5-6-20/h7-8,13,20,24,30H,2,4-6,9-12,14-18H2,1,3H3,(H,31,35). The molecule has 1 saturated carbocycles. The van der Waals surface area contributed by atoms with Gasteiger partial charge in [-0.3, -0.25) is 9.00 Å². The van der Waals surface area contributed by atoms with Crippen molar-refractivity contribution in [3.05, 3.63) is 52.9 Å². The van der Waals surface area contributed by atoms with Crippen molar-refractivity contribution in [3.63, 3.8) is 0 Å². The van der Waals surface area contributed by atoms with Crippen LogP contribution < -0.4 is 15.5 Å². The van der Waals surface area contributed by atoms with Gasteiger partial charge in [-0.25, -0.2) is 4.68 Å². The van der Waals surface area contributed by atoms with Crippen LogP contribution in [-0.2, 0) is 34.9 Å². The summed E-state index contributed by atoms with van der Waals surface area (Å²) in [5.41, 5.74) is 6.09. The fraction of sp³-hybridized carbons (Fsp3) is 0.586. The molecule has 2 saturated heterocycles. The Balaban J connectivity index is 1.23. The van der Waals surface area contributed by atoms with Crippen LogP contribution in [0.15, 0.2) is 30.5 Å². The van der Waals surface area contributed by atoms with Crippen LogP contribution in [-0.4, -0.2) is 58.2 Å². The van der Waals surface area contributed by atoms with E-state index in [0.29, 0.717) is 34.7 Å². The second kappa shape index (κ2) is 10.2. The quantitative estimate of drug-likeness (QED) is 0.479. The monoisotopic (exact) mass is 537 g/mol. The Morgan fingerprint density at radius 2 is 2.16 bits per heavy atom. The van der Waals surface area contributed by atoms with E-state index in [1.165, 1.54) is 29.7 Å². The van der Waals surface area contributed by atoms with Crippen molar-refractivity contribution in [1.29, 1.82) is 0 Å². The first-order valence-corrected chi connectivity index (χ1v) is 15.7. The van der Waals surface area contributed by atoms with Crippen molar-refractivity contribution < 1.29 is 13.7 Å². The molecule has 1 aliphatic carbocycles. The molecule has 2 atom stereocenters. The highest BCUT2D eigenvalue weighted by molar-refractivity contribution is 7.84. The van der Waals surface area contributed by atoms with Crippen LogP contribution in [0.3, 0.4) is 0 Å². The summed E-state index contributed by atoms with van der Waals surface area (Å²) in [6.45, 7) is 10.9. The molecule has 1 aromatic carbocycles. The topological polar surface area (TPSA) is 88.5 Å². The van der Waals surface area contributed by atoms with Gasteiger partial charge in [0, 0.05) is 66.5 Å². The molecule has 38 heavy (non-hydrogen) atoms. The number of ether oxygens (including phenoxy) is 1. The summed E-state index contributed by atoms with van der Waals surface area (Å²) in [7, 11) is -1.02. The number of fused-ring (bicyclic) bond motifs is 1. The highest BCUT2D eigenvalue weighted by Crippen LogP contribution is 2.42. The zero-order chi connectivity index (χ0) is 26.4. The lowest BCUT2D eigenvalue weighted by atomic mass is 9.78. The number of anilines is 2. The minimum Gasteiger partial charge on any atom is -0.381 e. The summed E-state index contributed by atoms with van der Waals surface area (Å²) in [5.74, 6) is 1.66.